The van der Waals surface area contributed by atoms with Crippen LogP contribution in [0.1, 0.15) is 19.8 Å². The smallest absolute Gasteiger partial charge is 0.216 e. The number of amides is 1. The largest absolute Gasteiger partial charge is 0.379 e. The number of nitrogens with one attached hydrogen (secondary N) is 1. The summed E-state index contributed by atoms with van der Waals surface area (Å²) in [5.41, 5.74) is 5.30. The second kappa shape index (κ2) is 11.4. The van der Waals surface area contributed by atoms with Crippen molar-refractivity contribution in [2.75, 3.05) is 39.5 Å². The van der Waals surface area contributed by atoms with E-state index in [0.29, 0.717) is 39.5 Å². The summed E-state index contributed by atoms with van der Waals surface area (Å²) in [6, 6.07) is 0. The Morgan fingerprint density at radius 3 is 2.27 bits per heavy atom. The van der Waals surface area contributed by atoms with Gasteiger partial charge in [-0.1, -0.05) is 0 Å². The van der Waals surface area contributed by atoms with Crippen molar-refractivity contribution < 1.29 is 14.3 Å². The maximum absolute atomic E-state index is 10.5. The van der Waals surface area contributed by atoms with E-state index in [0.717, 1.165) is 12.8 Å². The van der Waals surface area contributed by atoms with E-state index in [2.05, 4.69) is 5.32 Å². The average Bonchev–Trinajstić information content (AvgIpc) is 2.20. The number of hydrogen-bond donors (Lipinski definition) is 2. The van der Waals surface area contributed by atoms with E-state index in [1.807, 2.05) is 0 Å². The first-order valence-corrected chi connectivity index (χ1v) is 5.37. The lowest BCUT2D eigenvalue weighted by Gasteiger charge is -2.05. The Hall–Kier alpha value is -0.650. The first kappa shape index (κ1) is 14.3. The zero-order valence-corrected chi connectivity index (χ0v) is 9.46. The third-order valence-corrected chi connectivity index (χ3v) is 1.70. The van der Waals surface area contributed by atoms with E-state index >= 15 is 0 Å². The number of carbonyl (C=O) groups is 1. The number of rotatable bonds is 10. The summed E-state index contributed by atoms with van der Waals surface area (Å²) in [5.74, 6) is 0.000109. The van der Waals surface area contributed by atoms with Crippen molar-refractivity contribution in [3.05, 3.63) is 0 Å². The number of carbonyl (C=O) groups excluding carboxylic acids is 1. The standard InChI is InChI=1S/C10H22N2O3/c1-10(13)12-5-3-7-15-9-8-14-6-2-4-11/h2-9,11H2,1H3,(H,12,13). The van der Waals surface area contributed by atoms with Crippen molar-refractivity contribution in [2.45, 2.75) is 19.8 Å². The highest BCUT2D eigenvalue weighted by Gasteiger charge is 1.92. The fourth-order valence-electron chi connectivity index (χ4n) is 0.946. The maximum Gasteiger partial charge on any atom is 0.216 e. The number of nitrogens with two attached hydrogens (primary N) is 1. The van der Waals surface area contributed by atoms with Crippen molar-refractivity contribution in [1.82, 2.24) is 5.32 Å². The molecule has 0 atom stereocenters. The van der Waals surface area contributed by atoms with E-state index in [4.69, 9.17) is 15.2 Å². The molecule has 0 spiro atoms. The summed E-state index contributed by atoms with van der Waals surface area (Å²) in [6.07, 6.45) is 1.73. The fourth-order valence-corrected chi connectivity index (χ4v) is 0.946. The lowest BCUT2D eigenvalue weighted by Crippen LogP contribution is -2.22. The molecule has 0 saturated carbocycles. The molecular weight excluding hydrogens is 196 g/mol. The van der Waals surface area contributed by atoms with Gasteiger partial charge in [0.25, 0.3) is 0 Å². The molecule has 0 saturated heterocycles. The van der Waals surface area contributed by atoms with Crippen molar-refractivity contribution in [3.8, 4) is 0 Å². The molecule has 0 aromatic heterocycles. The normalized spacial score (nSPS) is 10.3. The van der Waals surface area contributed by atoms with Crippen LogP contribution in [0.5, 0.6) is 0 Å². The van der Waals surface area contributed by atoms with Gasteiger partial charge in [-0.2, -0.15) is 0 Å². The molecule has 0 unspecified atom stereocenters. The Bertz CT molecular complexity index is 154. The van der Waals surface area contributed by atoms with Crippen molar-refractivity contribution in [1.29, 1.82) is 0 Å². The number of ether oxygens (including phenoxy) is 2. The Labute approximate surface area is 91.3 Å². The first-order valence-electron chi connectivity index (χ1n) is 5.37. The summed E-state index contributed by atoms with van der Waals surface area (Å²) in [7, 11) is 0. The van der Waals surface area contributed by atoms with Gasteiger partial charge >= 0.3 is 0 Å². The molecule has 0 bridgehead atoms. The van der Waals surface area contributed by atoms with Gasteiger partial charge < -0.3 is 20.5 Å². The zero-order valence-electron chi connectivity index (χ0n) is 9.46. The lowest BCUT2D eigenvalue weighted by atomic mass is 10.4. The molecule has 0 aliphatic carbocycles. The topological polar surface area (TPSA) is 73.6 Å². The Morgan fingerprint density at radius 1 is 1.13 bits per heavy atom. The predicted octanol–water partition coefficient (Wildman–Crippen LogP) is -0.105. The number of hydrogen-bond acceptors (Lipinski definition) is 4. The van der Waals surface area contributed by atoms with Crippen LogP contribution < -0.4 is 11.1 Å². The molecule has 0 aliphatic rings. The summed E-state index contributed by atoms with van der Waals surface area (Å²) in [6.45, 7) is 5.41. The third kappa shape index (κ3) is 13.3. The maximum atomic E-state index is 10.5. The van der Waals surface area contributed by atoms with Crippen LogP contribution in [0.3, 0.4) is 0 Å². The summed E-state index contributed by atoms with van der Waals surface area (Å²) in [4.78, 5) is 10.5. The zero-order chi connectivity index (χ0) is 11.4. The summed E-state index contributed by atoms with van der Waals surface area (Å²) >= 11 is 0. The van der Waals surface area contributed by atoms with Crippen LogP contribution in [0.15, 0.2) is 0 Å². The van der Waals surface area contributed by atoms with E-state index in [-0.39, 0.29) is 5.91 Å². The van der Waals surface area contributed by atoms with Crippen LogP contribution in [-0.2, 0) is 14.3 Å². The van der Waals surface area contributed by atoms with Crippen LogP contribution in [0.4, 0.5) is 0 Å². The minimum Gasteiger partial charge on any atom is -0.379 e. The summed E-state index contributed by atoms with van der Waals surface area (Å²) in [5, 5.41) is 2.70. The minimum atomic E-state index is 0.000109. The van der Waals surface area contributed by atoms with E-state index in [1.165, 1.54) is 6.92 Å². The van der Waals surface area contributed by atoms with E-state index < -0.39 is 0 Å². The molecular formula is C10H22N2O3. The second-order valence-electron chi connectivity index (χ2n) is 3.20. The van der Waals surface area contributed by atoms with Gasteiger partial charge in [0.1, 0.15) is 0 Å². The molecule has 5 heteroatoms. The summed E-state index contributed by atoms with van der Waals surface area (Å²) < 4.78 is 10.5. The molecule has 0 heterocycles. The van der Waals surface area contributed by atoms with Crippen LogP contribution in [0.2, 0.25) is 0 Å². The molecule has 0 rings (SSSR count). The molecule has 0 aromatic carbocycles. The fraction of sp³-hybridized carbons (Fsp3) is 0.900. The minimum absolute atomic E-state index is 0.000109. The van der Waals surface area contributed by atoms with Crippen molar-refractivity contribution in [3.63, 3.8) is 0 Å². The van der Waals surface area contributed by atoms with Crippen LogP contribution in [0, 0.1) is 0 Å². The van der Waals surface area contributed by atoms with Gasteiger partial charge in [-0.15, -0.1) is 0 Å². The van der Waals surface area contributed by atoms with Gasteiger partial charge in [0.15, 0.2) is 0 Å². The highest BCUT2D eigenvalue weighted by molar-refractivity contribution is 5.72. The second-order valence-corrected chi connectivity index (χ2v) is 3.20. The third-order valence-electron chi connectivity index (χ3n) is 1.70. The van der Waals surface area contributed by atoms with Crippen LogP contribution >= 0.6 is 0 Å². The Morgan fingerprint density at radius 2 is 1.73 bits per heavy atom. The molecule has 5 nitrogen and oxygen atoms in total. The van der Waals surface area contributed by atoms with Gasteiger partial charge in [0.2, 0.25) is 5.91 Å². The van der Waals surface area contributed by atoms with E-state index in [9.17, 15) is 4.79 Å². The highest BCUT2D eigenvalue weighted by atomic mass is 16.5. The van der Waals surface area contributed by atoms with Gasteiger partial charge in [-0.05, 0) is 19.4 Å². The molecule has 0 aliphatic heterocycles. The molecule has 90 valence electrons. The highest BCUT2D eigenvalue weighted by Crippen LogP contribution is 1.84. The lowest BCUT2D eigenvalue weighted by molar-refractivity contribution is -0.119. The molecule has 1 amide bonds. The SMILES string of the molecule is CC(=O)NCCCOCCOCCCN. The quantitative estimate of drug-likeness (QED) is 0.502. The monoisotopic (exact) mass is 218 g/mol. The first-order chi connectivity index (χ1) is 7.27. The van der Waals surface area contributed by atoms with Crippen molar-refractivity contribution >= 4 is 5.91 Å². The molecule has 0 fully saturated rings. The molecule has 3 N–H and O–H groups in total. The Balaban J connectivity index is 2.89. The van der Waals surface area contributed by atoms with Crippen LogP contribution in [0.25, 0.3) is 0 Å². The Kier molecular flexibility index (Phi) is 10.9. The van der Waals surface area contributed by atoms with Gasteiger partial charge in [0.05, 0.1) is 13.2 Å². The molecule has 15 heavy (non-hydrogen) atoms. The van der Waals surface area contributed by atoms with E-state index in [1.54, 1.807) is 0 Å². The predicted molar refractivity (Wildman–Crippen MR) is 58.6 cm³/mol. The van der Waals surface area contributed by atoms with Gasteiger partial charge in [0, 0.05) is 26.7 Å². The van der Waals surface area contributed by atoms with Gasteiger partial charge in [-0.3, -0.25) is 4.79 Å². The van der Waals surface area contributed by atoms with Crippen LogP contribution in [-0.4, -0.2) is 45.4 Å². The molecule has 0 radical (unpaired) electrons. The van der Waals surface area contributed by atoms with Crippen molar-refractivity contribution in [2.24, 2.45) is 5.73 Å². The van der Waals surface area contributed by atoms with Gasteiger partial charge in [-0.25, -0.2) is 0 Å². The average molecular weight is 218 g/mol. The molecule has 0 aromatic rings.